The number of hydrogen-bond acceptors (Lipinski definition) is 3. The SMILES string of the molecule is CC(=O)C=C1SC=C(c2ccccc2)N1c1ccccc1. The van der Waals surface area contributed by atoms with E-state index in [-0.39, 0.29) is 5.78 Å². The number of para-hydroxylation sites is 1. The summed E-state index contributed by atoms with van der Waals surface area (Å²) in [6.07, 6.45) is 1.68. The van der Waals surface area contributed by atoms with Crippen molar-refractivity contribution in [1.82, 2.24) is 0 Å². The number of ketones is 1. The average Bonchev–Trinajstić information content (AvgIpc) is 2.92. The number of anilines is 1. The normalized spacial score (nSPS) is 16.1. The first-order valence-electron chi connectivity index (χ1n) is 6.75. The van der Waals surface area contributed by atoms with Crippen LogP contribution in [0.1, 0.15) is 12.5 Å². The Hall–Kier alpha value is -2.26. The predicted molar refractivity (Wildman–Crippen MR) is 89.7 cm³/mol. The smallest absolute Gasteiger partial charge is 0.155 e. The summed E-state index contributed by atoms with van der Waals surface area (Å²) in [7, 11) is 0. The largest absolute Gasteiger partial charge is 0.303 e. The van der Waals surface area contributed by atoms with Crippen LogP contribution in [0, 0.1) is 0 Å². The number of carbonyl (C=O) groups excluding carboxylic acids is 1. The van der Waals surface area contributed by atoms with Crippen molar-refractivity contribution in [1.29, 1.82) is 0 Å². The molecule has 1 heterocycles. The lowest BCUT2D eigenvalue weighted by Gasteiger charge is -2.23. The fourth-order valence-corrected chi connectivity index (χ4v) is 3.28. The van der Waals surface area contributed by atoms with E-state index in [1.807, 2.05) is 36.4 Å². The van der Waals surface area contributed by atoms with Gasteiger partial charge in [0.25, 0.3) is 0 Å². The third-order valence-electron chi connectivity index (χ3n) is 3.16. The van der Waals surface area contributed by atoms with Gasteiger partial charge in [-0.05, 0) is 24.6 Å². The van der Waals surface area contributed by atoms with Gasteiger partial charge in [0.15, 0.2) is 5.78 Å². The van der Waals surface area contributed by atoms with Crippen molar-refractivity contribution in [3.05, 3.63) is 82.7 Å². The highest BCUT2D eigenvalue weighted by Crippen LogP contribution is 2.42. The lowest BCUT2D eigenvalue weighted by molar-refractivity contribution is -0.112. The molecule has 0 atom stereocenters. The molecule has 0 radical (unpaired) electrons. The first-order chi connectivity index (χ1) is 10.3. The van der Waals surface area contributed by atoms with Crippen LogP contribution >= 0.6 is 11.8 Å². The summed E-state index contributed by atoms with van der Waals surface area (Å²) >= 11 is 1.58. The van der Waals surface area contributed by atoms with E-state index in [0.29, 0.717) is 0 Å². The molecule has 0 aliphatic carbocycles. The van der Waals surface area contributed by atoms with Gasteiger partial charge < -0.3 is 4.90 Å². The van der Waals surface area contributed by atoms with Gasteiger partial charge in [0.2, 0.25) is 0 Å². The number of hydrogen-bond donors (Lipinski definition) is 0. The molecule has 2 aromatic rings. The van der Waals surface area contributed by atoms with E-state index >= 15 is 0 Å². The van der Waals surface area contributed by atoms with Gasteiger partial charge in [-0.1, -0.05) is 60.3 Å². The Bertz CT molecular complexity index is 705. The Morgan fingerprint density at radius 2 is 1.62 bits per heavy atom. The van der Waals surface area contributed by atoms with Crippen LogP contribution in [0.3, 0.4) is 0 Å². The third kappa shape index (κ3) is 2.93. The number of allylic oxidation sites excluding steroid dienone is 1. The molecule has 0 aromatic heterocycles. The fourth-order valence-electron chi connectivity index (χ4n) is 2.26. The molecule has 0 spiro atoms. The van der Waals surface area contributed by atoms with Crippen LogP contribution in [0.2, 0.25) is 0 Å². The molecular weight excluding hydrogens is 278 g/mol. The molecule has 3 rings (SSSR count). The molecule has 1 aliphatic rings. The fraction of sp³-hybridized carbons (Fsp3) is 0.0556. The molecule has 0 unspecified atom stereocenters. The Labute approximate surface area is 128 Å². The molecule has 0 amide bonds. The van der Waals surface area contributed by atoms with Crippen molar-refractivity contribution in [3.8, 4) is 0 Å². The topological polar surface area (TPSA) is 20.3 Å². The summed E-state index contributed by atoms with van der Waals surface area (Å²) in [6.45, 7) is 1.58. The third-order valence-corrected chi connectivity index (χ3v) is 4.05. The van der Waals surface area contributed by atoms with Crippen molar-refractivity contribution >= 4 is 28.9 Å². The molecule has 3 heteroatoms. The molecule has 2 aromatic carbocycles. The molecule has 0 saturated heterocycles. The van der Waals surface area contributed by atoms with Crippen molar-refractivity contribution < 1.29 is 4.79 Å². The molecule has 0 fully saturated rings. The van der Waals surface area contributed by atoms with Crippen molar-refractivity contribution in [2.75, 3.05) is 4.90 Å². The molecule has 21 heavy (non-hydrogen) atoms. The van der Waals surface area contributed by atoms with Gasteiger partial charge in [-0.25, -0.2) is 0 Å². The van der Waals surface area contributed by atoms with E-state index in [1.54, 1.807) is 24.8 Å². The lowest BCUT2D eigenvalue weighted by atomic mass is 10.1. The van der Waals surface area contributed by atoms with Gasteiger partial charge in [0.05, 0.1) is 10.7 Å². The Kier molecular flexibility index (Phi) is 3.93. The number of carbonyl (C=O) groups is 1. The number of rotatable bonds is 3. The van der Waals surface area contributed by atoms with E-state index in [4.69, 9.17) is 0 Å². The summed E-state index contributed by atoms with van der Waals surface area (Å²) in [5.74, 6) is 0.0566. The molecule has 104 valence electrons. The Balaban J connectivity index is 2.07. The van der Waals surface area contributed by atoms with Crippen molar-refractivity contribution in [2.24, 2.45) is 0 Å². The van der Waals surface area contributed by atoms with Crippen molar-refractivity contribution in [3.63, 3.8) is 0 Å². The van der Waals surface area contributed by atoms with E-state index in [0.717, 1.165) is 22.0 Å². The van der Waals surface area contributed by atoms with Gasteiger partial charge in [-0.3, -0.25) is 4.79 Å². The Morgan fingerprint density at radius 1 is 1.00 bits per heavy atom. The van der Waals surface area contributed by atoms with Crippen LogP contribution in [0.5, 0.6) is 0 Å². The van der Waals surface area contributed by atoms with E-state index < -0.39 is 0 Å². The highest BCUT2D eigenvalue weighted by atomic mass is 32.2. The standard InChI is InChI=1S/C18H15NOS/c1-14(20)12-18-19(16-10-6-3-7-11-16)17(13-21-18)15-8-4-2-5-9-15/h2-13H,1H3. The summed E-state index contributed by atoms with van der Waals surface area (Å²) in [4.78, 5) is 13.6. The second kappa shape index (κ2) is 6.02. The minimum Gasteiger partial charge on any atom is -0.303 e. The molecule has 0 N–H and O–H groups in total. The summed E-state index contributed by atoms with van der Waals surface area (Å²) < 4.78 is 0. The second-order valence-corrected chi connectivity index (χ2v) is 5.64. The van der Waals surface area contributed by atoms with E-state index in [1.165, 1.54) is 0 Å². The molecule has 1 aliphatic heterocycles. The second-order valence-electron chi connectivity index (χ2n) is 4.75. The van der Waals surface area contributed by atoms with Crippen LogP contribution in [-0.2, 0) is 4.79 Å². The highest BCUT2D eigenvalue weighted by molar-refractivity contribution is 8.06. The van der Waals surface area contributed by atoms with Gasteiger partial charge in [0, 0.05) is 17.2 Å². The van der Waals surface area contributed by atoms with Gasteiger partial charge in [0.1, 0.15) is 0 Å². The quantitative estimate of drug-likeness (QED) is 0.767. The zero-order valence-electron chi connectivity index (χ0n) is 11.7. The van der Waals surface area contributed by atoms with E-state index in [9.17, 15) is 4.79 Å². The Morgan fingerprint density at radius 3 is 2.24 bits per heavy atom. The van der Waals surface area contributed by atoms with Gasteiger partial charge in [-0.15, -0.1) is 0 Å². The maximum Gasteiger partial charge on any atom is 0.155 e. The van der Waals surface area contributed by atoms with Gasteiger partial charge in [-0.2, -0.15) is 0 Å². The summed E-state index contributed by atoms with van der Waals surface area (Å²) in [5, 5.41) is 3.03. The number of nitrogens with zero attached hydrogens (tertiary/aromatic N) is 1. The van der Waals surface area contributed by atoms with Crippen LogP contribution in [0.25, 0.3) is 5.70 Å². The number of benzene rings is 2. The zero-order chi connectivity index (χ0) is 14.7. The average molecular weight is 293 g/mol. The van der Waals surface area contributed by atoms with Crippen LogP contribution in [0.15, 0.2) is 77.2 Å². The van der Waals surface area contributed by atoms with Crippen molar-refractivity contribution in [2.45, 2.75) is 6.92 Å². The number of thioether (sulfide) groups is 1. The highest BCUT2D eigenvalue weighted by Gasteiger charge is 2.24. The first-order valence-corrected chi connectivity index (χ1v) is 7.63. The minimum absolute atomic E-state index is 0.0566. The minimum atomic E-state index is 0.0566. The molecular formula is C18H15NOS. The summed E-state index contributed by atoms with van der Waals surface area (Å²) in [6, 6.07) is 20.3. The van der Waals surface area contributed by atoms with Gasteiger partial charge >= 0.3 is 0 Å². The zero-order valence-corrected chi connectivity index (χ0v) is 12.5. The molecule has 0 saturated carbocycles. The molecule has 0 bridgehead atoms. The molecule has 2 nitrogen and oxygen atoms in total. The monoisotopic (exact) mass is 293 g/mol. The maximum atomic E-state index is 11.5. The maximum absolute atomic E-state index is 11.5. The van der Waals surface area contributed by atoms with Crippen LogP contribution in [0.4, 0.5) is 5.69 Å². The predicted octanol–water partition coefficient (Wildman–Crippen LogP) is 4.67. The van der Waals surface area contributed by atoms with E-state index in [2.05, 4.69) is 34.6 Å². The van der Waals surface area contributed by atoms with Crippen LogP contribution < -0.4 is 4.90 Å². The first kappa shape index (κ1) is 13.7. The summed E-state index contributed by atoms with van der Waals surface area (Å²) in [5.41, 5.74) is 3.30. The lowest BCUT2D eigenvalue weighted by Crippen LogP contribution is -2.16. The van der Waals surface area contributed by atoms with Crippen LogP contribution in [-0.4, -0.2) is 5.78 Å².